The van der Waals surface area contributed by atoms with E-state index in [1.165, 1.54) is 26.4 Å². The molecule has 1 fully saturated rings. The summed E-state index contributed by atoms with van der Waals surface area (Å²) in [5, 5.41) is 8.56. The number of ether oxygens (including phenoxy) is 3. The number of fused-ring (bicyclic) bond motifs is 1. The van der Waals surface area contributed by atoms with Crippen LogP contribution in [0.25, 0.3) is 10.9 Å². The van der Waals surface area contributed by atoms with Gasteiger partial charge in [-0.1, -0.05) is 6.07 Å². The number of amides is 4. The fourth-order valence-electron chi connectivity index (χ4n) is 5.71. The van der Waals surface area contributed by atoms with E-state index in [9.17, 15) is 27.6 Å². The zero-order valence-corrected chi connectivity index (χ0v) is 27.9. The molecule has 1 saturated heterocycles. The van der Waals surface area contributed by atoms with Crippen LogP contribution in [0.15, 0.2) is 66.9 Å². The van der Waals surface area contributed by atoms with Gasteiger partial charge in [-0.15, -0.1) is 0 Å². The lowest BCUT2D eigenvalue weighted by atomic mass is 10.0. The molecule has 2 heterocycles. The Morgan fingerprint density at radius 3 is 2.29 bits per heavy atom. The molecule has 3 aromatic carbocycles. The first-order valence-electron chi connectivity index (χ1n) is 16.0. The number of methoxy groups -OCH3 is 2. The average molecular weight is 710 g/mol. The molecular formula is C35H38F3N7O6. The molecule has 51 heavy (non-hydrogen) atoms. The first-order chi connectivity index (χ1) is 24.3. The number of carbonyl (C=O) groups excluding carboxylic acids is 3. The van der Waals surface area contributed by atoms with Gasteiger partial charge in [0.2, 0.25) is 11.8 Å². The Morgan fingerprint density at radius 2 is 1.63 bits per heavy atom. The summed E-state index contributed by atoms with van der Waals surface area (Å²) in [6.07, 6.45) is -2.28. The summed E-state index contributed by atoms with van der Waals surface area (Å²) in [5.74, 6) is 0.843. The lowest BCUT2D eigenvalue weighted by Gasteiger charge is -2.35. The first kappa shape index (κ1) is 36.5. The SMILES string of the molecule is COc1cc2nccc(Oc3cccc(NC(=O)Nc4ccc(N5CCC(NC(=O)[C@@H](N)CCC(N)=O)CC5)c(C(F)(F)F)c4)c3)c2cc1OC. The zero-order valence-electron chi connectivity index (χ0n) is 27.9. The molecule has 0 spiro atoms. The number of urea groups is 1. The minimum atomic E-state index is -4.71. The van der Waals surface area contributed by atoms with E-state index in [2.05, 4.69) is 20.9 Å². The molecule has 0 bridgehead atoms. The molecule has 7 N–H and O–H groups in total. The molecule has 270 valence electrons. The molecule has 1 atom stereocenters. The second-order valence-corrected chi connectivity index (χ2v) is 11.9. The third-order valence-corrected chi connectivity index (χ3v) is 8.31. The monoisotopic (exact) mass is 709 g/mol. The van der Waals surface area contributed by atoms with E-state index < -0.39 is 35.6 Å². The van der Waals surface area contributed by atoms with E-state index >= 15 is 0 Å². The van der Waals surface area contributed by atoms with Gasteiger partial charge >= 0.3 is 12.2 Å². The summed E-state index contributed by atoms with van der Waals surface area (Å²) in [6, 6.07) is 13.3. The van der Waals surface area contributed by atoms with E-state index in [4.69, 9.17) is 25.7 Å². The molecule has 1 aromatic heterocycles. The summed E-state index contributed by atoms with van der Waals surface area (Å²) in [7, 11) is 3.04. The second-order valence-electron chi connectivity index (χ2n) is 11.9. The number of alkyl halides is 3. The fourth-order valence-corrected chi connectivity index (χ4v) is 5.71. The Hall–Kier alpha value is -5.77. The number of carbonyl (C=O) groups is 3. The van der Waals surface area contributed by atoms with E-state index in [1.807, 2.05) is 0 Å². The van der Waals surface area contributed by atoms with Crippen molar-refractivity contribution < 1.29 is 41.8 Å². The van der Waals surface area contributed by atoms with E-state index in [0.717, 1.165) is 6.07 Å². The number of primary amides is 1. The number of halogens is 3. The first-order valence-corrected chi connectivity index (χ1v) is 16.0. The molecule has 16 heteroatoms. The van der Waals surface area contributed by atoms with Crippen LogP contribution in [0.5, 0.6) is 23.0 Å². The number of rotatable bonds is 12. The summed E-state index contributed by atoms with van der Waals surface area (Å²) in [5.41, 5.74) is 10.9. The molecule has 13 nitrogen and oxygen atoms in total. The van der Waals surface area contributed by atoms with Crippen molar-refractivity contribution in [1.82, 2.24) is 10.3 Å². The third-order valence-electron chi connectivity index (χ3n) is 8.31. The predicted octanol–water partition coefficient (Wildman–Crippen LogP) is 5.38. The number of anilines is 3. The molecular weight excluding hydrogens is 671 g/mol. The number of nitrogens with two attached hydrogens (primary N) is 2. The highest BCUT2D eigenvalue weighted by Gasteiger charge is 2.36. The molecule has 5 rings (SSSR count). The Kier molecular flexibility index (Phi) is 11.3. The number of pyridine rings is 1. The Labute approximate surface area is 291 Å². The topological polar surface area (TPSA) is 183 Å². The van der Waals surface area contributed by atoms with Crippen molar-refractivity contribution in [2.24, 2.45) is 11.5 Å². The summed E-state index contributed by atoms with van der Waals surface area (Å²) in [6.45, 7) is 0.487. The van der Waals surface area contributed by atoms with Crippen molar-refractivity contribution in [2.45, 2.75) is 43.9 Å². The van der Waals surface area contributed by atoms with Crippen LogP contribution < -0.4 is 46.5 Å². The number of nitrogens with zero attached hydrogens (tertiary/aromatic N) is 2. The van der Waals surface area contributed by atoms with E-state index in [0.29, 0.717) is 52.4 Å². The van der Waals surface area contributed by atoms with Crippen LogP contribution >= 0.6 is 0 Å². The highest BCUT2D eigenvalue weighted by atomic mass is 19.4. The van der Waals surface area contributed by atoms with Crippen LogP contribution in [0, 0.1) is 0 Å². The predicted molar refractivity (Wildman–Crippen MR) is 185 cm³/mol. The lowest BCUT2D eigenvalue weighted by Crippen LogP contribution is -2.50. The highest BCUT2D eigenvalue weighted by Crippen LogP contribution is 2.40. The molecule has 0 unspecified atom stereocenters. The van der Waals surface area contributed by atoms with Crippen LogP contribution in [0.4, 0.5) is 35.0 Å². The fraction of sp³-hybridized carbons (Fsp3) is 0.314. The van der Waals surface area contributed by atoms with Gasteiger partial charge in [-0.25, -0.2) is 4.79 Å². The molecule has 4 amide bonds. The van der Waals surface area contributed by atoms with Gasteiger partial charge in [0.25, 0.3) is 0 Å². The van der Waals surface area contributed by atoms with Crippen molar-refractivity contribution in [3.05, 3.63) is 72.4 Å². The average Bonchev–Trinajstić information content (AvgIpc) is 3.10. The van der Waals surface area contributed by atoms with Crippen molar-refractivity contribution in [3.63, 3.8) is 0 Å². The summed E-state index contributed by atoms with van der Waals surface area (Å²) in [4.78, 5) is 42.2. The number of nitrogens with one attached hydrogen (secondary N) is 3. The second kappa shape index (κ2) is 15.8. The van der Waals surface area contributed by atoms with Crippen LogP contribution in [0.3, 0.4) is 0 Å². The van der Waals surface area contributed by atoms with Crippen molar-refractivity contribution in [3.8, 4) is 23.0 Å². The standard InChI is InChI=1S/C35H38F3N7O6/c1-49-30-18-24-27(19-31(30)50-2)41-13-10-29(24)51-23-5-3-4-21(16-23)43-34(48)44-22-6-8-28(25(17-22)35(36,37)38)45-14-11-20(12-15-45)42-33(47)26(39)7-9-32(40)46/h3-6,8,10,13,16-20,26H,7,9,11-12,14-15,39H2,1-2H3,(H2,40,46)(H,42,47)(H2,43,44,48)/t26-/m0/s1. The quantitative estimate of drug-likeness (QED) is 0.129. The number of hydrogen-bond donors (Lipinski definition) is 5. The van der Waals surface area contributed by atoms with Gasteiger partial charge in [-0.05, 0) is 61.7 Å². The molecule has 4 aromatic rings. The molecule has 0 aliphatic carbocycles. The number of aromatic nitrogens is 1. The third kappa shape index (κ3) is 9.27. The summed E-state index contributed by atoms with van der Waals surface area (Å²) < 4.78 is 59.6. The maximum absolute atomic E-state index is 14.2. The normalized spacial score (nSPS) is 14.0. The van der Waals surface area contributed by atoms with Crippen molar-refractivity contribution >= 4 is 45.8 Å². The van der Waals surface area contributed by atoms with Crippen LogP contribution in [0.2, 0.25) is 0 Å². The minimum Gasteiger partial charge on any atom is -0.493 e. The van der Waals surface area contributed by atoms with Gasteiger partial charge in [-0.2, -0.15) is 13.2 Å². The van der Waals surface area contributed by atoms with Gasteiger partial charge in [0.15, 0.2) is 11.5 Å². The van der Waals surface area contributed by atoms with Gasteiger partial charge in [0, 0.05) is 66.3 Å². The smallest absolute Gasteiger partial charge is 0.418 e. The van der Waals surface area contributed by atoms with Crippen LogP contribution in [0.1, 0.15) is 31.2 Å². The van der Waals surface area contributed by atoms with Crippen LogP contribution in [-0.2, 0) is 15.8 Å². The van der Waals surface area contributed by atoms with Crippen molar-refractivity contribution in [2.75, 3.05) is 42.8 Å². The Morgan fingerprint density at radius 1 is 0.941 bits per heavy atom. The molecule has 0 radical (unpaired) electrons. The summed E-state index contributed by atoms with van der Waals surface area (Å²) >= 11 is 0. The van der Waals surface area contributed by atoms with Gasteiger partial charge in [0.05, 0.1) is 31.3 Å². The molecule has 1 aliphatic heterocycles. The largest absolute Gasteiger partial charge is 0.493 e. The van der Waals surface area contributed by atoms with E-state index in [-0.39, 0.29) is 43.3 Å². The highest BCUT2D eigenvalue weighted by molar-refractivity contribution is 6.00. The zero-order chi connectivity index (χ0) is 36.7. The minimum absolute atomic E-state index is 0.0276. The Balaban J connectivity index is 1.22. The molecule has 0 saturated carbocycles. The van der Waals surface area contributed by atoms with Gasteiger partial charge < -0.3 is 46.5 Å². The lowest BCUT2D eigenvalue weighted by molar-refractivity contribution is -0.137. The maximum atomic E-state index is 14.2. The molecule has 1 aliphatic rings. The van der Waals surface area contributed by atoms with Gasteiger partial charge in [0.1, 0.15) is 11.5 Å². The number of hydrogen-bond acceptors (Lipinski definition) is 9. The number of benzene rings is 3. The number of piperidine rings is 1. The maximum Gasteiger partial charge on any atom is 0.418 e. The van der Waals surface area contributed by atoms with Gasteiger partial charge in [-0.3, -0.25) is 14.6 Å². The van der Waals surface area contributed by atoms with Crippen molar-refractivity contribution in [1.29, 1.82) is 0 Å². The van der Waals surface area contributed by atoms with Crippen LogP contribution in [-0.4, -0.2) is 62.2 Å². The van der Waals surface area contributed by atoms with E-state index in [1.54, 1.807) is 53.6 Å². The Bertz CT molecular complexity index is 1900.